The molecule has 3 heterocycles. The van der Waals surface area contributed by atoms with Crippen LogP contribution < -0.4 is 0 Å². The topological polar surface area (TPSA) is 46.3 Å². The highest BCUT2D eigenvalue weighted by Gasteiger charge is 2.32. The van der Waals surface area contributed by atoms with Gasteiger partial charge in [-0.3, -0.25) is 9.78 Å². The van der Waals surface area contributed by atoms with Gasteiger partial charge < -0.3 is 9.32 Å². The third kappa shape index (κ3) is 2.97. The molecule has 0 aromatic carbocycles. The third-order valence-corrected chi connectivity index (χ3v) is 4.28. The number of aromatic nitrogens is 1. The lowest BCUT2D eigenvalue weighted by Gasteiger charge is -2.23. The maximum absolute atomic E-state index is 12.6. The Bertz CT molecular complexity index is 612. The Morgan fingerprint density at radius 3 is 3.10 bits per heavy atom. The lowest BCUT2D eigenvalue weighted by molar-refractivity contribution is 0.0699. The minimum atomic E-state index is -0.0319. The summed E-state index contributed by atoms with van der Waals surface area (Å²) in [5.41, 5.74) is 0.958. The standard InChI is InChI=1S/C16H18N2O2S/c1-21-11-12-7-8-15(20-12)16(19)18-10-4-6-14(18)13-5-2-3-9-17-13/h2-3,5,7-9,14H,4,6,10-11H2,1H3/t14-/m0/s1. The summed E-state index contributed by atoms with van der Waals surface area (Å²) in [5.74, 6) is 2.04. The number of hydrogen-bond acceptors (Lipinski definition) is 4. The summed E-state index contributed by atoms with van der Waals surface area (Å²) in [6.45, 7) is 0.763. The van der Waals surface area contributed by atoms with Crippen LogP contribution in [-0.4, -0.2) is 28.6 Å². The van der Waals surface area contributed by atoms with Gasteiger partial charge in [0.05, 0.1) is 17.5 Å². The van der Waals surface area contributed by atoms with Crippen molar-refractivity contribution in [1.82, 2.24) is 9.88 Å². The minimum Gasteiger partial charge on any atom is -0.455 e. The second kappa shape index (κ2) is 6.35. The zero-order valence-corrected chi connectivity index (χ0v) is 12.8. The molecule has 110 valence electrons. The quantitative estimate of drug-likeness (QED) is 0.867. The lowest BCUT2D eigenvalue weighted by Crippen LogP contribution is -2.30. The first-order valence-corrected chi connectivity index (χ1v) is 8.48. The van der Waals surface area contributed by atoms with Crippen LogP contribution in [0.1, 0.15) is 40.9 Å². The molecular weight excluding hydrogens is 284 g/mol. The van der Waals surface area contributed by atoms with E-state index in [-0.39, 0.29) is 11.9 Å². The summed E-state index contributed by atoms with van der Waals surface area (Å²) in [5, 5.41) is 0. The first-order valence-electron chi connectivity index (χ1n) is 7.09. The normalized spacial score (nSPS) is 18.1. The number of carbonyl (C=O) groups excluding carboxylic acids is 1. The van der Waals surface area contributed by atoms with E-state index in [1.165, 1.54) is 0 Å². The molecule has 0 spiro atoms. The van der Waals surface area contributed by atoms with Crippen LogP contribution >= 0.6 is 11.8 Å². The average molecular weight is 302 g/mol. The molecule has 5 heteroatoms. The molecule has 1 amide bonds. The fourth-order valence-electron chi connectivity index (χ4n) is 2.74. The van der Waals surface area contributed by atoms with E-state index >= 15 is 0 Å². The van der Waals surface area contributed by atoms with Gasteiger partial charge >= 0.3 is 0 Å². The highest BCUT2D eigenvalue weighted by atomic mass is 32.2. The van der Waals surface area contributed by atoms with E-state index in [0.717, 1.165) is 36.6 Å². The molecular formula is C16H18N2O2S. The van der Waals surface area contributed by atoms with Crippen molar-refractivity contribution in [2.24, 2.45) is 0 Å². The molecule has 3 rings (SSSR count). The van der Waals surface area contributed by atoms with E-state index in [0.29, 0.717) is 5.76 Å². The van der Waals surface area contributed by atoms with E-state index in [1.54, 1.807) is 24.0 Å². The van der Waals surface area contributed by atoms with E-state index < -0.39 is 0 Å². The van der Waals surface area contributed by atoms with Crippen molar-refractivity contribution in [2.75, 3.05) is 12.8 Å². The van der Waals surface area contributed by atoms with Gasteiger partial charge in [-0.1, -0.05) is 6.07 Å². The Morgan fingerprint density at radius 1 is 1.43 bits per heavy atom. The van der Waals surface area contributed by atoms with Crippen LogP contribution in [0, 0.1) is 0 Å². The Kier molecular flexibility index (Phi) is 4.29. The molecule has 1 aliphatic rings. The van der Waals surface area contributed by atoms with Gasteiger partial charge in [0.25, 0.3) is 5.91 Å². The molecule has 2 aromatic heterocycles. The van der Waals surface area contributed by atoms with Gasteiger partial charge in [-0.25, -0.2) is 0 Å². The number of thioether (sulfide) groups is 1. The minimum absolute atomic E-state index is 0.0319. The number of pyridine rings is 1. The summed E-state index contributed by atoms with van der Waals surface area (Å²) in [6, 6.07) is 9.57. The predicted octanol–water partition coefficient (Wildman–Crippen LogP) is 3.51. The van der Waals surface area contributed by atoms with Crippen molar-refractivity contribution in [2.45, 2.75) is 24.6 Å². The molecule has 21 heavy (non-hydrogen) atoms. The largest absolute Gasteiger partial charge is 0.455 e. The smallest absolute Gasteiger partial charge is 0.290 e. The van der Waals surface area contributed by atoms with Crippen LogP contribution in [-0.2, 0) is 5.75 Å². The molecule has 1 atom stereocenters. The molecule has 0 radical (unpaired) electrons. The van der Waals surface area contributed by atoms with Gasteiger partial charge in [-0.15, -0.1) is 0 Å². The van der Waals surface area contributed by atoms with Gasteiger partial charge in [0.2, 0.25) is 0 Å². The Balaban J connectivity index is 1.79. The first-order chi connectivity index (χ1) is 10.3. The third-order valence-electron chi connectivity index (χ3n) is 3.70. The predicted molar refractivity (Wildman–Crippen MR) is 83.2 cm³/mol. The number of rotatable bonds is 4. The summed E-state index contributed by atoms with van der Waals surface area (Å²) in [6.07, 6.45) is 5.76. The van der Waals surface area contributed by atoms with Crippen LogP contribution in [0.15, 0.2) is 40.9 Å². The summed E-state index contributed by atoms with van der Waals surface area (Å²) in [7, 11) is 0. The van der Waals surface area contributed by atoms with Crippen molar-refractivity contribution < 1.29 is 9.21 Å². The molecule has 0 aliphatic carbocycles. The molecule has 0 unspecified atom stereocenters. The van der Waals surface area contributed by atoms with E-state index in [2.05, 4.69) is 4.98 Å². The van der Waals surface area contributed by atoms with Crippen molar-refractivity contribution in [3.05, 3.63) is 53.7 Å². The van der Waals surface area contributed by atoms with Crippen LogP contribution in [0.2, 0.25) is 0 Å². The van der Waals surface area contributed by atoms with Gasteiger partial charge in [0, 0.05) is 12.7 Å². The maximum Gasteiger partial charge on any atom is 0.290 e. The second-order valence-electron chi connectivity index (χ2n) is 5.11. The Labute approximate surface area is 128 Å². The highest BCUT2D eigenvalue weighted by Crippen LogP contribution is 2.32. The fourth-order valence-corrected chi connectivity index (χ4v) is 3.18. The van der Waals surface area contributed by atoms with E-state index in [4.69, 9.17) is 4.42 Å². The van der Waals surface area contributed by atoms with Crippen LogP contribution in [0.5, 0.6) is 0 Å². The number of carbonyl (C=O) groups is 1. The summed E-state index contributed by atoms with van der Waals surface area (Å²) in [4.78, 5) is 18.9. The molecule has 1 fully saturated rings. The van der Waals surface area contributed by atoms with Crippen molar-refractivity contribution >= 4 is 17.7 Å². The molecule has 2 aromatic rings. The first kappa shape index (κ1) is 14.2. The SMILES string of the molecule is CSCc1ccc(C(=O)N2CCC[C@H]2c2ccccn2)o1. The average Bonchev–Trinajstić information content (AvgIpc) is 3.17. The summed E-state index contributed by atoms with van der Waals surface area (Å²) < 4.78 is 5.65. The van der Waals surface area contributed by atoms with Gasteiger partial charge in [0.1, 0.15) is 5.76 Å². The van der Waals surface area contributed by atoms with Crippen molar-refractivity contribution in [3.63, 3.8) is 0 Å². The number of hydrogen-bond donors (Lipinski definition) is 0. The van der Waals surface area contributed by atoms with Crippen LogP contribution in [0.3, 0.4) is 0 Å². The molecule has 0 saturated carbocycles. The van der Waals surface area contributed by atoms with Gasteiger partial charge in [0.15, 0.2) is 5.76 Å². The maximum atomic E-state index is 12.6. The zero-order valence-electron chi connectivity index (χ0n) is 12.0. The number of likely N-dealkylation sites (tertiary alicyclic amines) is 1. The lowest BCUT2D eigenvalue weighted by atomic mass is 10.1. The van der Waals surface area contributed by atoms with Crippen LogP contribution in [0.4, 0.5) is 0 Å². The molecule has 1 aliphatic heterocycles. The van der Waals surface area contributed by atoms with Crippen LogP contribution in [0.25, 0.3) is 0 Å². The monoisotopic (exact) mass is 302 g/mol. The van der Waals surface area contributed by atoms with Crippen molar-refractivity contribution in [3.8, 4) is 0 Å². The number of nitrogens with zero attached hydrogens (tertiary/aromatic N) is 2. The van der Waals surface area contributed by atoms with Gasteiger partial charge in [-0.05, 0) is 43.4 Å². The highest BCUT2D eigenvalue weighted by molar-refractivity contribution is 7.97. The van der Waals surface area contributed by atoms with Crippen molar-refractivity contribution in [1.29, 1.82) is 0 Å². The second-order valence-corrected chi connectivity index (χ2v) is 5.98. The Hall–Kier alpha value is -1.75. The fraction of sp³-hybridized carbons (Fsp3) is 0.375. The molecule has 0 N–H and O–H groups in total. The van der Waals surface area contributed by atoms with E-state index in [1.807, 2.05) is 35.4 Å². The van der Waals surface area contributed by atoms with Gasteiger partial charge in [-0.2, -0.15) is 11.8 Å². The number of amides is 1. The molecule has 1 saturated heterocycles. The molecule has 4 nitrogen and oxygen atoms in total. The summed E-state index contributed by atoms with van der Waals surface area (Å²) >= 11 is 1.68. The van der Waals surface area contributed by atoms with E-state index in [9.17, 15) is 4.79 Å². The zero-order chi connectivity index (χ0) is 14.7. The number of furan rings is 1. The molecule has 0 bridgehead atoms. The Morgan fingerprint density at radius 2 is 2.33 bits per heavy atom.